The van der Waals surface area contributed by atoms with Gasteiger partial charge in [-0.1, -0.05) is 35.9 Å². The minimum Gasteiger partial charge on any atom is -0.507 e. The molecule has 1 atom stereocenters. The molecule has 2 heterocycles. The zero-order chi connectivity index (χ0) is 23.1. The molecule has 1 N–H and O–H groups in total. The number of benzene rings is 2. The first-order valence-electron chi connectivity index (χ1n) is 11.0. The molecule has 166 valence electrons. The average Bonchev–Trinajstić information content (AvgIpc) is 3.11. The van der Waals surface area contributed by atoms with Crippen molar-refractivity contribution in [3.05, 3.63) is 99.3 Å². The van der Waals surface area contributed by atoms with E-state index in [9.17, 15) is 14.7 Å². The van der Waals surface area contributed by atoms with Crippen molar-refractivity contribution in [1.29, 1.82) is 0 Å². The fourth-order valence-corrected chi connectivity index (χ4v) is 4.89. The molecular formula is C27H23ClN2O3. The zero-order valence-corrected chi connectivity index (χ0v) is 19.0. The van der Waals surface area contributed by atoms with Crippen LogP contribution in [0.15, 0.2) is 66.5 Å². The van der Waals surface area contributed by atoms with Crippen LogP contribution in [0.3, 0.4) is 0 Å². The number of rotatable bonds is 3. The second kappa shape index (κ2) is 8.49. The first-order chi connectivity index (χ1) is 16.0. The molecule has 6 heteroatoms. The minimum absolute atomic E-state index is 0.0560. The highest BCUT2D eigenvalue weighted by atomic mass is 35.5. The number of nitrogens with zero attached hydrogens (tertiary/aromatic N) is 2. The molecule has 2 aromatic carbocycles. The fourth-order valence-electron chi connectivity index (χ4n) is 4.72. The van der Waals surface area contributed by atoms with Gasteiger partial charge in [0.2, 0.25) is 0 Å². The second-order valence-electron chi connectivity index (χ2n) is 8.58. The second-order valence-corrected chi connectivity index (χ2v) is 8.99. The first kappa shape index (κ1) is 21.4. The summed E-state index contributed by atoms with van der Waals surface area (Å²) in [6, 6.07) is 13.8. The minimum atomic E-state index is -0.812. The van der Waals surface area contributed by atoms with E-state index in [0.717, 1.165) is 31.2 Å². The molecule has 1 unspecified atom stereocenters. The van der Waals surface area contributed by atoms with Crippen LogP contribution in [-0.4, -0.2) is 21.8 Å². The van der Waals surface area contributed by atoms with Gasteiger partial charge in [-0.25, -0.2) is 0 Å². The van der Waals surface area contributed by atoms with Crippen LogP contribution in [0.25, 0.3) is 5.76 Å². The van der Waals surface area contributed by atoms with Gasteiger partial charge in [0.1, 0.15) is 5.76 Å². The molecule has 2 aliphatic rings. The predicted molar refractivity (Wildman–Crippen MR) is 128 cm³/mol. The number of carbonyl (C=O) groups is 2. The number of Topliss-reactive ketones (excluding diaryl/α,β-unsaturated/α-hetero) is 1. The van der Waals surface area contributed by atoms with Crippen LogP contribution >= 0.6 is 11.6 Å². The number of aromatic nitrogens is 1. The molecule has 0 saturated carbocycles. The maximum absolute atomic E-state index is 13.3. The van der Waals surface area contributed by atoms with E-state index < -0.39 is 17.7 Å². The Balaban J connectivity index is 1.69. The number of aliphatic hydroxyl groups is 1. The van der Waals surface area contributed by atoms with E-state index >= 15 is 0 Å². The highest BCUT2D eigenvalue weighted by molar-refractivity contribution is 6.51. The van der Waals surface area contributed by atoms with Gasteiger partial charge in [-0.3, -0.25) is 19.5 Å². The van der Waals surface area contributed by atoms with Crippen LogP contribution in [-0.2, 0) is 22.4 Å². The largest absolute Gasteiger partial charge is 0.507 e. The van der Waals surface area contributed by atoms with Crippen molar-refractivity contribution in [3.8, 4) is 0 Å². The van der Waals surface area contributed by atoms with Crippen molar-refractivity contribution < 1.29 is 14.7 Å². The molecule has 1 amide bonds. The van der Waals surface area contributed by atoms with E-state index in [-0.39, 0.29) is 11.3 Å². The number of hydrogen-bond acceptors (Lipinski definition) is 4. The van der Waals surface area contributed by atoms with E-state index in [2.05, 4.69) is 4.98 Å². The van der Waals surface area contributed by atoms with Crippen LogP contribution in [0.2, 0.25) is 5.02 Å². The summed E-state index contributed by atoms with van der Waals surface area (Å²) in [5, 5.41) is 11.8. The highest BCUT2D eigenvalue weighted by Crippen LogP contribution is 2.43. The fraction of sp³-hybridized carbons (Fsp3) is 0.222. The quantitative estimate of drug-likeness (QED) is 0.317. The number of fused-ring (bicyclic) bond motifs is 1. The Morgan fingerprint density at radius 2 is 1.85 bits per heavy atom. The van der Waals surface area contributed by atoms with Crippen molar-refractivity contribution in [2.24, 2.45) is 0 Å². The Labute approximate surface area is 197 Å². The van der Waals surface area contributed by atoms with Crippen molar-refractivity contribution >= 4 is 34.7 Å². The number of ketones is 1. The summed E-state index contributed by atoms with van der Waals surface area (Å²) in [5.74, 6) is -1.60. The number of carbonyl (C=O) groups excluding carboxylic acids is 2. The Kier molecular flexibility index (Phi) is 5.51. The van der Waals surface area contributed by atoms with Crippen molar-refractivity contribution in [2.45, 2.75) is 38.6 Å². The van der Waals surface area contributed by atoms with Gasteiger partial charge >= 0.3 is 0 Å². The molecule has 5 nitrogen and oxygen atoms in total. The highest BCUT2D eigenvalue weighted by Gasteiger charge is 2.47. The number of aryl methyl sites for hydroxylation is 3. The van der Waals surface area contributed by atoms with Crippen LogP contribution in [0, 0.1) is 6.92 Å². The van der Waals surface area contributed by atoms with Crippen LogP contribution in [0.4, 0.5) is 5.69 Å². The zero-order valence-electron chi connectivity index (χ0n) is 18.2. The Bertz CT molecular complexity index is 1300. The van der Waals surface area contributed by atoms with E-state index in [1.54, 1.807) is 42.7 Å². The maximum atomic E-state index is 13.3. The van der Waals surface area contributed by atoms with E-state index in [1.807, 2.05) is 25.1 Å². The third kappa shape index (κ3) is 3.72. The molecule has 1 saturated heterocycles. The molecule has 0 radical (unpaired) electrons. The Morgan fingerprint density at radius 1 is 1.06 bits per heavy atom. The van der Waals surface area contributed by atoms with Crippen LogP contribution < -0.4 is 4.90 Å². The molecule has 33 heavy (non-hydrogen) atoms. The van der Waals surface area contributed by atoms with E-state index in [0.29, 0.717) is 21.8 Å². The number of aliphatic hydroxyl groups excluding tert-OH is 1. The average molecular weight is 459 g/mol. The maximum Gasteiger partial charge on any atom is 0.300 e. The molecule has 1 aliphatic heterocycles. The predicted octanol–water partition coefficient (Wildman–Crippen LogP) is 5.55. The van der Waals surface area contributed by atoms with Gasteiger partial charge in [-0.05, 0) is 79.1 Å². The third-order valence-electron chi connectivity index (χ3n) is 6.50. The normalized spacial score (nSPS) is 19.6. The van der Waals surface area contributed by atoms with Gasteiger partial charge in [0.05, 0.1) is 11.6 Å². The lowest BCUT2D eigenvalue weighted by molar-refractivity contribution is -0.132. The van der Waals surface area contributed by atoms with Gasteiger partial charge in [0.15, 0.2) is 0 Å². The topological polar surface area (TPSA) is 70.5 Å². The Hall–Kier alpha value is -3.44. The summed E-state index contributed by atoms with van der Waals surface area (Å²) in [5.41, 5.74) is 5.05. The number of anilines is 1. The lowest BCUT2D eigenvalue weighted by atomic mass is 9.89. The van der Waals surface area contributed by atoms with Crippen molar-refractivity contribution in [2.75, 3.05) is 4.90 Å². The molecule has 1 aliphatic carbocycles. The number of pyridine rings is 1. The summed E-state index contributed by atoms with van der Waals surface area (Å²) in [6.45, 7) is 1.87. The lowest BCUT2D eigenvalue weighted by Gasteiger charge is -2.25. The van der Waals surface area contributed by atoms with Gasteiger partial charge in [0.25, 0.3) is 11.7 Å². The smallest absolute Gasteiger partial charge is 0.300 e. The summed E-state index contributed by atoms with van der Waals surface area (Å²) in [6.07, 6.45) is 7.46. The lowest BCUT2D eigenvalue weighted by Crippen LogP contribution is -2.29. The van der Waals surface area contributed by atoms with E-state index in [1.165, 1.54) is 16.0 Å². The summed E-state index contributed by atoms with van der Waals surface area (Å²) in [7, 11) is 0. The SMILES string of the molecule is Cc1ccc(N2C(=O)C(=O)/C(=C(\O)c3ccc4c(c3)CCCC4)C2c2cccnc2)cc1Cl. The monoisotopic (exact) mass is 458 g/mol. The van der Waals surface area contributed by atoms with Crippen LogP contribution in [0.1, 0.15) is 46.7 Å². The van der Waals surface area contributed by atoms with Crippen LogP contribution in [0.5, 0.6) is 0 Å². The number of halogens is 1. The number of amides is 1. The Morgan fingerprint density at radius 3 is 2.58 bits per heavy atom. The molecule has 5 rings (SSSR count). The first-order valence-corrected chi connectivity index (χ1v) is 11.4. The molecule has 0 spiro atoms. The summed E-state index contributed by atoms with van der Waals surface area (Å²) in [4.78, 5) is 32.1. The van der Waals surface area contributed by atoms with Gasteiger partial charge < -0.3 is 5.11 Å². The van der Waals surface area contributed by atoms with Gasteiger partial charge in [0, 0.05) is 28.7 Å². The molecule has 1 aromatic heterocycles. The molecular weight excluding hydrogens is 436 g/mol. The van der Waals surface area contributed by atoms with E-state index in [4.69, 9.17) is 11.6 Å². The molecule has 1 fully saturated rings. The standard InChI is InChI=1S/C27H23ClN2O3/c1-16-8-11-21(14-22(16)28)30-24(20-7-4-12-29-15-20)23(26(32)27(30)33)25(31)19-10-9-17-5-2-3-6-18(17)13-19/h4,7-15,24,31H,2-3,5-6H2,1H3/b25-23-. The van der Waals surface area contributed by atoms with Crippen molar-refractivity contribution in [3.63, 3.8) is 0 Å². The third-order valence-corrected chi connectivity index (χ3v) is 6.91. The van der Waals surface area contributed by atoms with Crippen molar-refractivity contribution in [1.82, 2.24) is 4.98 Å². The number of hydrogen-bond donors (Lipinski definition) is 1. The summed E-state index contributed by atoms with van der Waals surface area (Å²) < 4.78 is 0. The summed E-state index contributed by atoms with van der Waals surface area (Å²) >= 11 is 6.34. The van der Waals surface area contributed by atoms with Gasteiger partial charge in [-0.15, -0.1) is 0 Å². The molecule has 0 bridgehead atoms. The molecule has 3 aromatic rings. The van der Waals surface area contributed by atoms with Gasteiger partial charge in [-0.2, -0.15) is 0 Å².